The first-order valence-corrected chi connectivity index (χ1v) is 13.0. The minimum absolute atomic E-state index is 0.123. The third-order valence-corrected chi connectivity index (χ3v) is 9.33. The summed E-state index contributed by atoms with van der Waals surface area (Å²) in [5, 5.41) is 10.4. The van der Waals surface area contributed by atoms with Gasteiger partial charge in [0.25, 0.3) is 0 Å². The van der Waals surface area contributed by atoms with Crippen LogP contribution in [0.1, 0.15) is 10.4 Å². The number of nitrogens with zero attached hydrogens (tertiary/aromatic N) is 1. The Kier molecular flexibility index (Phi) is 7.02. The highest BCUT2D eigenvalue weighted by Crippen LogP contribution is 2.38. The zero-order valence-corrected chi connectivity index (χ0v) is 20.2. The highest BCUT2D eigenvalue weighted by molar-refractivity contribution is 9.10. The first-order chi connectivity index (χ1) is 14.2. The first-order valence-electron chi connectivity index (χ1n) is 8.65. The van der Waals surface area contributed by atoms with Gasteiger partial charge in [-0.25, -0.2) is 9.00 Å². The number of hydrogen-bond acceptors (Lipinski definition) is 5. The van der Waals surface area contributed by atoms with Crippen LogP contribution in [0.2, 0.25) is 0 Å². The van der Waals surface area contributed by atoms with Crippen LogP contribution in [-0.4, -0.2) is 22.3 Å². The molecule has 156 valence electrons. The van der Waals surface area contributed by atoms with Gasteiger partial charge in [0.2, 0.25) is 0 Å². The summed E-state index contributed by atoms with van der Waals surface area (Å²) in [6.45, 7) is 1.95. The second-order valence-electron chi connectivity index (χ2n) is 6.25. The number of nitrogens with one attached hydrogen (secondary N) is 2. The van der Waals surface area contributed by atoms with Crippen molar-refractivity contribution in [2.45, 2.75) is 20.9 Å². The van der Waals surface area contributed by atoms with Crippen molar-refractivity contribution in [1.82, 2.24) is 0 Å². The predicted octanol–water partition coefficient (Wildman–Crippen LogP) is 5.94. The third kappa shape index (κ3) is 4.94. The average Bonchev–Trinajstić information content (AvgIpc) is 3.15. The van der Waals surface area contributed by atoms with Crippen LogP contribution in [-0.2, 0) is 9.73 Å². The Morgan fingerprint density at radius 3 is 2.53 bits per heavy atom. The molecule has 4 N–H and O–H groups in total. The largest absolute Gasteiger partial charge is 0.383 e. The highest BCUT2D eigenvalue weighted by Gasteiger charge is 2.25. The molecule has 1 atom stereocenters. The zero-order chi connectivity index (χ0) is 21.9. The number of thiophene rings is 1. The number of hydrogen-bond donors (Lipinski definition) is 3. The lowest BCUT2D eigenvalue weighted by molar-refractivity contribution is 0.260. The normalized spacial score (nSPS) is 12.8. The Balaban J connectivity index is 2.17. The minimum Gasteiger partial charge on any atom is -0.383 e. The fraction of sp³-hybridized carbons (Fsp3) is 0.100. The van der Waals surface area contributed by atoms with Gasteiger partial charge in [-0.1, -0.05) is 39.7 Å². The standard InChI is InChI=1S/C20H19BrN4O2S3/c1-12-6-8-14(9-7-12)24-20(26)25-30(27,15-5-3-4-13(21)10-15)17-11-16(18(22)23)29-19(17)28-2/h3-11H,1-2H3,(H3,22,23)(H,24,26). The summed E-state index contributed by atoms with van der Waals surface area (Å²) in [4.78, 5) is 14.0. The number of rotatable bonds is 5. The molecule has 3 rings (SSSR count). The molecule has 0 bridgehead atoms. The van der Waals surface area contributed by atoms with Gasteiger partial charge in [-0.15, -0.1) is 27.5 Å². The van der Waals surface area contributed by atoms with E-state index >= 15 is 0 Å². The van der Waals surface area contributed by atoms with Crippen molar-refractivity contribution in [3.05, 3.63) is 69.5 Å². The fourth-order valence-corrected chi connectivity index (χ4v) is 7.57. The number of carbonyl (C=O) groups is 1. The van der Waals surface area contributed by atoms with E-state index in [1.807, 2.05) is 25.3 Å². The van der Waals surface area contributed by atoms with E-state index in [0.717, 1.165) is 10.0 Å². The lowest BCUT2D eigenvalue weighted by Crippen LogP contribution is -2.12. The maximum Gasteiger partial charge on any atom is 0.354 e. The van der Waals surface area contributed by atoms with E-state index in [-0.39, 0.29) is 5.84 Å². The number of thioether (sulfide) groups is 1. The Bertz CT molecular complexity index is 1230. The van der Waals surface area contributed by atoms with Crippen molar-refractivity contribution in [3.63, 3.8) is 0 Å². The van der Waals surface area contributed by atoms with Crippen LogP contribution in [0.15, 0.2) is 77.4 Å². The van der Waals surface area contributed by atoms with Gasteiger partial charge in [0, 0.05) is 10.2 Å². The second-order valence-corrected chi connectivity index (χ2v) is 11.4. The number of anilines is 1. The summed E-state index contributed by atoms with van der Waals surface area (Å²) in [5.41, 5.74) is 7.26. The van der Waals surface area contributed by atoms with E-state index in [9.17, 15) is 9.00 Å². The van der Waals surface area contributed by atoms with Gasteiger partial charge in [0.15, 0.2) is 0 Å². The zero-order valence-electron chi connectivity index (χ0n) is 16.1. The van der Waals surface area contributed by atoms with Crippen molar-refractivity contribution in [3.8, 4) is 0 Å². The van der Waals surface area contributed by atoms with Crippen LogP contribution in [0.3, 0.4) is 0 Å². The highest BCUT2D eigenvalue weighted by atomic mass is 79.9. The molecule has 10 heteroatoms. The number of carbonyl (C=O) groups excluding carboxylic acids is 1. The summed E-state index contributed by atoms with van der Waals surface area (Å²) in [5.74, 6) is -0.123. The van der Waals surface area contributed by atoms with Crippen LogP contribution in [0.4, 0.5) is 10.5 Å². The molecule has 0 fully saturated rings. The predicted molar refractivity (Wildman–Crippen MR) is 129 cm³/mol. The summed E-state index contributed by atoms with van der Waals surface area (Å²) in [7, 11) is -3.33. The molecular formula is C20H19BrN4O2S3. The van der Waals surface area contributed by atoms with Gasteiger partial charge in [0.1, 0.15) is 15.6 Å². The minimum atomic E-state index is -3.33. The molecule has 0 spiro atoms. The number of amides is 2. The molecule has 3 aromatic rings. The van der Waals surface area contributed by atoms with Crippen LogP contribution < -0.4 is 11.1 Å². The Hall–Kier alpha value is -2.14. The van der Waals surface area contributed by atoms with Crippen molar-refractivity contribution in [1.29, 1.82) is 5.41 Å². The van der Waals surface area contributed by atoms with Crippen molar-refractivity contribution >= 4 is 66.3 Å². The molecule has 1 unspecified atom stereocenters. The topological polar surface area (TPSA) is 108 Å². The maximum atomic E-state index is 14.2. The number of benzene rings is 2. The van der Waals surface area contributed by atoms with E-state index in [1.54, 1.807) is 42.5 Å². The van der Waals surface area contributed by atoms with Crippen LogP contribution in [0, 0.1) is 12.3 Å². The quantitative estimate of drug-likeness (QED) is 0.218. The molecule has 0 aliphatic carbocycles. The lowest BCUT2D eigenvalue weighted by Gasteiger charge is -2.11. The number of halogens is 1. The van der Waals surface area contributed by atoms with Crippen LogP contribution >= 0.6 is 39.0 Å². The second kappa shape index (κ2) is 9.34. The number of nitrogen functional groups attached to an aromatic ring is 1. The summed E-state index contributed by atoms with van der Waals surface area (Å²) in [6, 6.07) is 15.0. The van der Waals surface area contributed by atoms with Crippen molar-refractivity contribution in [2.24, 2.45) is 10.1 Å². The average molecular weight is 524 g/mol. The Labute approximate surface area is 192 Å². The third-order valence-electron chi connectivity index (χ3n) is 4.04. The van der Waals surface area contributed by atoms with Gasteiger partial charge in [-0.05, 0) is 49.6 Å². The Morgan fingerprint density at radius 2 is 1.93 bits per heavy atom. The molecule has 30 heavy (non-hydrogen) atoms. The van der Waals surface area contributed by atoms with Gasteiger partial charge in [0.05, 0.1) is 18.9 Å². The number of aryl methyl sites for hydroxylation is 1. The molecule has 0 radical (unpaired) electrons. The monoisotopic (exact) mass is 522 g/mol. The lowest BCUT2D eigenvalue weighted by atomic mass is 10.2. The molecule has 0 saturated carbocycles. The number of urea groups is 1. The van der Waals surface area contributed by atoms with E-state index < -0.39 is 15.8 Å². The molecule has 1 heterocycles. The van der Waals surface area contributed by atoms with Crippen molar-refractivity contribution < 1.29 is 9.00 Å². The van der Waals surface area contributed by atoms with Gasteiger partial charge in [-0.3, -0.25) is 5.41 Å². The molecule has 2 amide bonds. The fourth-order valence-electron chi connectivity index (χ4n) is 2.59. The van der Waals surface area contributed by atoms with Gasteiger partial charge >= 0.3 is 6.03 Å². The van der Waals surface area contributed by atoms with E-state index in [4.69, 9.17) is 11.1 Å². The Morgan fingerprint density at radius 1 is 1.23 bits per heavy atom. The van der Waals surface area contributed by atoms with E-state index in [2.05, 4.69) is 25.6 Å². The number of nitrogens with two attached hydrogens (primary N) is 1. The maximum absolute atomic E-state index is 14.2. The van der Waals surface area contributed by atoms with Crippen LogP contribution in [0.5, 0.6) is 0 Å². The number of amidine groups is 1. The first kappa shape index (κ1) is 22.5. The molecule has 0 aliphatic heterocycles. The molecule has 1 aromatic heterocycles. The van der Waals surface area contributed by atoms with Crippen LogP contribution in [0.25, 0.3) is 0 Å². The molecule has 0 saturated heterocycles. The summed E-state index contributed by atoms with van der Waals surface area (Å²) >= 11 is 6.03. The molecule has 0 aliphatic rings. The van der Waals surface area contributed by atoms with Gasteiger partial charge < -0.3 is 11.1 Å². The molecule has 6 nitrogen and oxygen atoms in total. The van der Waals surface area contributed by atoms with E-state index in [1.165, 1.54) is 23.1 Å². The summed E-state index contributed by atoms with van der Waals surface area (Å²) < 4.78 is 19.8. The molecule has 2 aromatic carbocycles. The smallest absolute Gasteiger partial charge is 0.354 e. The van der Waals surface area contributed by atoms with Gasteiger partial charge in [-0.2, -0.15) is 0 Å². The SMILES string of the molecule is CSc1sc(C(=N)N)cc1S(=O)(=NC(=O)Nc1ccc(C)cc1)c1cccc(Br)c1. The summed E-state index contributed by atoms with van der Waals surface area (Å²) in [6.07, 6.45) is 1.84. The van der Waals surface area contributed by atoms with Crippen molar-refractivity contribution in [2.75, 3.05) is 11.6 Å². The molecular weight excluding hydrogens is 504 g/mol. The van der Waals surface area contributed by atoms with E-state index in [0.29, 0.717) is 24.6 Å².